The number of unbranched alkanes of at least 4 members (excludes halogenated alkanes) is 23. The Hall–Kier alpha value is -5.48. The molecule has 1 aliphatic heterocycles. The van der Waals surface area contributed by atoms with E-state index in [1.165, 1.54) is 89.9 Å². The zero-order valence-corrected chi connectivity index (χ0v) is 71.6. The van der Waals surface area contributed by atoms with E-state index < -0.39 is 131 Å². The fraction of sp³-hybridized carbons (Fsp3) is 0.904. The lowest BCUT2D eigenvalue weighted by Crippen LogP contribution is -2.61. The third-order valence-corrected chi connectivity index (χ3v) is 19.6. The average Bonchev–Trinajstić information content (AvgIpc) is 0.837. The zero-order chi connectivity index (χ0) is 83.2. The lowest BCUT2D eigenvalue weighted by atomic mass is 9.92. The first kappa shape index (κ1) is 103. The predicted molar refractivity (Wildman–Crippen MR) is 430 cm³/mol. The summed E-state index contributed by atoms with van der Waals surface area (Å²) in [5, 5.41) is 59.3. The fourth-order valence-corrected chi connectivity index (χ4v) is 14.0. The van der Waals surface area contributed by atoms with Crippen LogP contribution in [0.4, 0.5) is 24.0 Å². The molecule has 0 bridgehead atoms. The number of amides is 7. The standard InChI is InChI=1S/C83H158N8O19/c1-19-48-60(84)54-80(11,12)110-77(103)91-65(71(97)105-81(13,14)55-61(21-3)88-74(100)106-78(5,6)7)59(58-87-73(99)108-83(17,18)57-63(49-20-2)90-76(102)109-82(15,16)56-62(22-4)89-75(101)107-79(8,9)10)50-44-41-43-46-52-85-64(92)51-45-40-38-36-34-32-30-28-26-24-23-25-27-29-31-33-35-37-39-42-47-53-86-70(96)69-67(94)66(93)68(95)72(98)104-69/h59-63,65-69,72,93-95,98H,19-58,84H2,1-18H3,(H,85,92)(H,86,96)(H,87,99)(H,88,100)(H,89,101)(H,90,102)(H,91,103). The van der Waals surface area contributed by atoms with Crippen LogP contribution in [-0.2, 0) is 47.5 Å². The van der Waals surface area contributed by atoms with Crippen LogP contribution in [0.1, 0.15) is 362 Å². The summed E-state index contributed by atoms with van der Waals surface area (Å²) in [5.74, 6) is -2.12. The molecule has 1 rings (SSSR count). The minimum absolute atomic E-state index is 0.0371. The van der Waals surface area contributed by atoms with Gasteiger partial charge in [-0.05, 0) is 148 Å². The van der Waals surface area contributed by atoms with Crippen molar-refractivity contribution in [2.24, 2.45) is 11.7 Å². The Morgan fingerprint density at radius 1 is 0.382 bits per heavy atom. The number of aliphatic hydroxyl groups excluding tert-OH is 4. The Labute approximate surface area is 662 Å². The maximum atomic E-state index is 14.9. The van der Waals surface area contributed by atoms with Crippen LogP contribution in [-0.4, -0.2) is 183 Å². The molecular formula is C83H158N8O19. The van der Waals surface area contributed by atoms with Gasteiger partial charge in [-0.25, -0.2) is 28.8 Å². The maximum absolute atomic E-state index is 14.9. The van der Waals surface area contributed by atoms with Gasteiger partial charge in [0.2, 0.25) is 5.91 Å². The van der Waals surface area contributed by atoms with Crippen molar-refractivity contribution in [3.8, 4) is 0 Å². The Morgan fingerprint density at radius 2 is 0.745 bits per heavy atom. The van der Waals surface area contributed by atoms with Crippen LogP contribution in [0.5, 0.6) is 0 Å². The smallest absolute Gasteiger partial charge is 0.408 e. The van der Waals surface area contributed by atoms with Gasteiger partial charge in [0.1, 0.15) is 58.0 Å². The van der Waals surface area contributed by atoms with Crippen molar-refractivity contribution in [3.63, 3.8) is 0 Å². The number of carbonyl (C=O) groups excluding carboxylic acids is 8. The predicted octanol–water partition coefficient (Wildman–Crippen LogP) is 14.8. The lowest BCUT2D eigenvalue weighted by molar-refractivity contribution is -0.275. The minimum Gasteiger partial charge on any atom is -0.458 e. The highest BCUT2D eigenvalue weighted by atomic mass is 16.6. The highest BCUT2D eigenvalue weighted by Crippen LogP contribution is 2.28. The number of carbonyl (C=O) groups is 8. The van der Waals surface area contributed by atoms with Gasteiger partial charge in [0, 0.05) is 81.8 Å². The largest absolute Gasteiger partial charge is 0.458 e. The van der Waals surface area contributed by atoms with Gasteiger partial charge in [0.15, 0.2) is 12.4 Å². The Balaban J connectivity index is 2.86. The highest BCUT2D eigenvalue weighted by molar-refractivity contribution is 5.83. The molecule has 11 atom stereocenters. The van der Waals surface area contributed by atoms with Crippen LogP contribution in [0.15, 0.2) is 0 Å². The van der Waals surface area contributed by atoms with Crippen molar-refractivity contribution in [2.45, 2.75) is 457 Å². The first-order valence-electron chi connectivity index (χ1n) is 42.3. The van der Waals surface area contributed by atoms with Gasteiger partial charge in [-0.15, -0.1) is 0 Å². The van der Waals surface area contributed by atoms with Crippen molar-refractivity contribution in [3.05, 3.63) is 0 Å². The van der Waals surface area contributed by atoms with E-state index in [9.17, 15) is 58.8 Å². The van der Waals surface area contributed by atoms with Gasteiger partial charge in [-0.1, -0.05) is 182 Å². The van der Waals surface area contributed by atoms with Crippen LogP contribution in [0.2, 0.25) is 0 Å². The number of nitrogens with one attached hydrogen (secondary N) is 7. The zero-order valence-electron chi connectivity index (χ0n) is 71.6. The number of hydrogen-bond acceptors (Lipinski definition) is 20. The molecule has 110 heavy (non-hydrogen) atoms. The molecule has 1 saturated heterocycles. The minimum atomic E-state index is -1.74. The van der Waals surface area contributed by atoms with Gasteiger partial charge >= 0.3 is 36.4 Å². The van der Waals surface area contributed by atoms with Crippen molar-refractivity contribution in [2.75, 3.05) is 19.6 Å². The topological polar surface area (TPSA) is 392 Å². The Bertz CT molecular complexity index is 2580. The quantitative estimate of drug-likeness (QED) is 0.0153. The van der Waals surface area contributed by atoms with Crippen LogP contribution in [0, 0.1) is 5.92 Å². The number of hydrogen-bond donors (Lipinski definition) is 12. The molecule has 1 aliphatic rings. The second-order valence-corrected chi connectivity index (χ2v) is 35.3. The van der Waals surface area contributed by atoms with Crippen molar-refractivity contribution < 1.29 is 91.9 Å². The highest BCUT2D eigenvalue weighted by Gasteiger charge is 2.46. The summed E-state index contributed by atoms with van der Waals surface area (Å²) in [5.41, 5.74) is 0.676. The van der Waals surface area contributed by atoms with E-state index in [0.29, 0.717) is 83.7 Å². The molecule has 0 aliphatic carbocycles. The molecule has 644 valence electrons. The lowest BCUT2D eigenvalue weighted by Gasteiger charge is -2.37. The second-order valence-electron chi connectivity index (χ2n) is 35.3. The first-order valence-corrected chi connectivity index (χ1v) is 42.3. The normalized spacial score (nSPS) is 18.1. The Morgan fingerprint density at radius 3 is 1.18 bits per heavy atom. The molecule has 13 N–H and O–H groups in total. The van der Waals surface area contributed by atoms with Crippen LogP contribution >= 0.6 is 0 Å². The van der Waals surface area contributed by atoms with Gasteiger partial charge in [-0.2, -0.15) is 0 Å². The number of ether oxygens (including phenoxy) is 7. The van der Waals surface area contributed by atoms with Gasteiger partial charge in [0.25, 0.3) is 5.91 Å². The Kier molecular flexibility index (Phi) is 50.6. The number of nitrogens with two attached hydrogens (primary N) is 1. The van der Waals surface area contributed by atoms with Gasteiger partial charge in [-0.3, -0.25) is 9.59 Å². The summed E-state index contributed by atoms with van der Waals surface area (Å²) in [6.45, 7) is 33.3. The third kappa shape index (κ3) is 50.6. The number of esters is 1. The molecular weight excluding hydrogens is 1410 g/mol. The first-order chi connectivity index (χ1) is 51.5. The molecule has 27 heteroatoms. The molecule has 7 amide bonds. The molecule has 0 aromatic rings. The SMILES string of the molecule is CCCC(N)CC(C)(C)OC(=O)NC(C(=O)OC(C)(C)CC(CC)NC(=O)OC(C)(C)C)C(CCCCCCNC(=O)CCCCCCCCCCCCCCCCCCCCCCCNC(=O)C1OC(O)C(O)C(O)C1O)CNC(=O)OC(C)(C)CC(CCC)NC(=O)OC(C)(C)CC(CC)NC(=O)OC(C)(C)C. The monoisotopic (exact) mass is 1570 g/mol. The van der Waals surface area contributed by atoms with Gasteiger partial charge < -0.3 is 96.5 Å². The number of rotatable bonds is 58. The summed E-state index contributed by atoms with van der Waals surface area (Å²) < 4.78 is 40.3. The van der Waals surface area contributed by atoms with E-state index in [-0.39, 0.29) is 37.4 Å². The number of alkyl carbamates (subject to hydrolysis) is 5. The molecule has 0 aromatic heterocycles. The fourth-order valence-electron chi connectivity index (χ4n) is 14.0. The van der Waals surface area contributed by atoms with Crippen molar-refractivity contribution in [1.82, 2.24) is 37.2 Å². The summed E-state index contributed by atoms with van der Waals surface area (Å²) in [4.78, 5) is 107. The summed E-state index contributed by atoms with van der Waals surface area (Å²) >= 11 is 0. The van der Waals surface area contributed by atoms with Crippen LogP contribution in [0.25, 0.3) is 0 Å². The van der Waals surface area contributed by atoms with E-state index in [0.717, 1.165) is 64.2 Å². The van der Waals surface area contributed by atoms with E-state index in [1.54, 1.807) is 96.9 Å². The molecule has 0 aromatic carbocycles. The average molecular weight is 1570 g/mol. The molecule has 0 spiro atoms. The molecule has 0 saturated carbocycles. The second kappa shape index (κ2) is 54.3. The molecule has 27 nitrogen and oxygen atoms in total. The summed E-state index contributed by atoms with van der Waals surface area (Å²) in [6.07, 6.45) is 21.5. The third-order valence-electron chi connectivity index (χ3n) is 19.6. The summed E-state index contributed by atoms with van der Waals surface area (Å²) in [6, 6.07) is -2.85. The summed E-state index contributed by atoms with van der Waals surface area (Å²) in [7, 11) is 0. The van der Waals surface area contributed by atoms with E-state index in [1.807, 2.05) is 27.7 Å². The van der Waals surface area contributed by atoms with Gasteiger partial charge in [0.05, 0.1) is 0 Å². The molecule has 11 unspecified atom stereocenters. The molecule has 1 fully saturated rings. The molecule has 0 radical (unpaired) electrons. The van der Waals surface area contributed by atoms with Crippen LogP contribution in [0.3, 0.4) is 0 Å². The van der Waals surface area contributed by atoms with E-state index in [2.05, 4.69) is 37.2 Å². The molecule has 1 heterocycles. The number of aliphatic hydroxyl groups is 4. The maximum Gasteiger partial charge on any atom is 0.408 e. The van der Waals surface area contributed by atoms with Crippen molar-refractivity contribution >= 4 is 48.2 Å². The van der Waals surface area contributed by atoms with E-state index in [4.69, 9.17) is 38.9 Å². The van der Waals surface area contributed by atoms with Crippen molar-refractivity contribution in [1.29, 1.82) is 0 Å². The van der Waals surface area contributed by atoms with Crippen LogP contribution < -0.4 is 43.0 Å². The van der Waals surface area contributed by atoms with E-state index >= 15 is 0 Å².